The molecule has 70 valence electrons. The molecule has 0 unspecified atom stereocenters. The van der Waals surface area contributed by atoms with E-state index in [-0.39, 0.29) is 0 Å². The highest BCUT2D eigenvalue weighted by atomic mass is 32.1. The predicted octanol–water partition coefficient (Wildman–Crippen LogP) is 2.51. The lowest BCUT2D eigenvalue weighted by molar-refractivity contribution is 1.09. The summed E-state index contributed by atoms with van der Waals surface area (Å²) in [6.07, 6.45) is 3.51. The second-order valence-electron chi connectivity index (χ2n) is 2.96. The molecule has 0 aromatic carbocycles. The van der Waals surface area contributed by atoms with Crippen LogP contribution in [0.15, 0.2) is 30.6 Å². The number of rotatable bonds is 1. The lowest BCUT2D eigenvalue weighted by Gasteiger charge is -2.03. The molecule has 2 rings (SSSR count). The Balaban J connectivity index is 2.62. The van der Waals surface area contributed by atoms with Crippen molar-refractivity contribution >= 4 is 12.2 Å². The van der Waals surface area contributed by atoms with E-state index in [1.165, 1.54) is 0 Å². The van der Waals surface area contributed by atoms with Gasteiger partial charge in [-0.2, -0.15) is 0 Å². The first-order valence-corrected chi connectivity index (χ1v) is 4.65. The van der Waals surface area contributed by atoms with Gasteiger partial charge in [-0.1, -0.05) is 6.07 Å². The minimum atomic E-state index is 0.483. The average molecular weight is 203 g/mol. The summed E-state index contributed by atoms with van der Waals surface area (Å²) in [5.74, 6) is 0. The number of hydrogen-bond acceptors (Lipinski definition) is 3. The van der Waals surface area contributed by atoms with Crippen molar-refractivity contribution < 1.29 is 0 Å². The van der Waals surface area contributed by atoms with E-state index in [9.17, 15) is 0 Å². The smallest absolute Gasteiger partial charge is 0.197 e. The zero-order chi connectivity index (χ0) is 9.97. The van der Waals surface area contributed by atoms with Crippen molar-refractivity contribution in [1.29, 1.82) is 0 Å². The molecule has 2 aromatic heterocycles. The molecule has 0 aliphatic carbocycles. The second-order valence-corrected chi connectivity index (χ2v) is 3.35. The van der Waals surface area contributed by atoms with Gasteiger partial charge in [-0.3, -0.25) is 4.98 Å². The van der Waals surface area contributed by atoms with E-state index in [1.807, 2.05) is 25.1 Å². The third kappa shape index (κ3) is 1.70. The molecule has 0 aliphatic heterocycles. The molecule has 0 atom stereocenters. The van der Waals surface area contributed by atoms with E-state index >= 15 is 0 Å². The van der Waals surface area contributed by atoms with Gasteiger partial charge in [-0.15, -0.1) is 0 Å². The molecule has 3 nitrogen and oxygen atoms in total. The SMILES string of the molecule is Cc1cnc(=S)[nH]c1-c1ccccn1. The molecule has 0 saturated carbocycles. The maximum Gasteiger partial charge on any atom is 0.197 e. The van der Waals surface area contributed by atoms with E-state index in [0.29, 0.717) is 4.77 Å². The lowest BCUT2D eigenvalue weighted by atomic mass is 10.2. The summed E-state index contributed by atoms with van der Waals surface area (Å²) in [4.78, 5) is 11.3. The van der Waals surface area contributed by atoms with Gasteiger partial charge in [0.25, 0.3) is 0 Å². The van der Waals surface area contributed by atoms with Gasteiger partial charge < -0.3 is 4.98 Å². The Labute approximate surface area is 86.9 Å². The average Bonchev–Trinajstić information content (AvgIpc) is 2.23. The summed E-state index contributed by atoms with van der Waals surface area (Å²) in [6, 6.07) is 5.77. The van der Waals surface area contributed by atoms with E-state index in [1.54, 1.807) is 12.4 Å². The van der Waals surface area contributed by atoms with Crippen molar-refractivity contribution in [3.8, 4) is 11.4 Å². The molecule has 2 aromatic rings. The van der Waals surface area contributed by atoms with Gasteiger partial charge in [0.2, 0.25) is 0 Å². The van der Waals surface area contributed by atoms with Crippen molar-refractivity contribution in [3.05, 3.63) is 40.9 Å². The van der Waals surface area contributed by atoms with E-state index in [2.05, 4.69) is 15.0 Å². The molecule has 14 heavy (non-hydrogen) atoms. The highest BCUT2D eigenvalue weighted by molar-refractivity contribution is 7.71. The third-order valence-electron chi connectivity index (χ3n) is 1.92. The summed E-state index contributed by atoms with van der Waals surface area (Å²) >= 11 is 4.96. The first-order valence-electron chi connectivity index (χ1n) is 4.25. The molecule has 0 spiro atoms. The number of aromatic amines is 1. The highest BCUT2D eigenvalue weighted by Crippen LogP contribution is 2.16. The van der Waals surface area contributed by atoms with Crippen LogP contribution in [0.3, 0.4) is 0 Å². The van der Waals surface area contributed by atoms with Crippen LogP contribution in [0.4, 0.5) is 0 Å². The van der Waals surface area contributed by atoms with Gasteiger partial charge in [0.15, 0.2) is 4.77 Å². The molecule has 2 heterocycles. The lowest BCUT2D eigenvalue weighted by Crippen LogP contribution is -1.92. The van der Waals surface area contributed by atoms with Gasteiger partial charge in [0.05, 0.1) is 11.4 Å². The Hall–Kier alpha value is -1.55. The second kappa shape index (κ2) is 3.67. The van der Waals surface area contributed by atoms with Crippen molar-refractivity contribution in [2.75, 3.05) is 0 Å². The van der Waals surface area contributed by atoms with E-state index in [4.69, 9.17) is 12.2 Å². The molecule has 1 N–H and O–H groups in total. The van der Waals surface area contributed by atoms with Crippen LogP contribution < -0.4 is 0 Å². The number of pyridine rings is 1. The Morgan fingerprint density at radius 2 is 2.14 bits per heavy atom. The van der Waals surface area contributed by atoms with Gasteiger partial charge in [0, 0.05) is 12.4 Å². The van der Waals surface area contributed by atoms with Gasteiger partial charge in [0.1, 0.15) is 0 Å². The molecule has 0 aliphatic rings. The minimum Gasteiger partial charge on any atom is -0.329 e. The fraction of sp³-hybridized carbons (Fsp3) is 0.100. The first kappa shape index (κ1) is 9.02. The van der Waals surface area contributed by atoms with Crippen LogP contribution in [0.25, 0.3) is 11.4 Å². The molecule has 0 fully saturated rings. The fourth-order valence-corrected chi connectivity index (χ4v) is 1.39. The van der Waals surface area contributed by atoms with Crippen LogP contribution in [0.1, 0.15) is 5.56 Å². The van der Waals surface area contributed by atoms with Gasteiger partial charge >= 0.3 is 0 Å². The number of hydrogen-bond donors (Lipinski definition) is 1. The van der Waals surface area contributed by atoms with E-state index < -0.39 is 0 Å². The van der Waals surface area contributed by atoms with Crippen molar-refractivity contribution in [2.24, 2.45) is 0 Å². The first-order chi connectivity index (χ1) is 6.77. The Morgan fingerprint density at radius 3 is 2.86 bits per heavy atom. The summed E-state index contributed by atoms with van der Waals surface area (Å²) in [7, 11) is 0. The van der Waals surface area contributed by atoms with Crippen LogP contribution in [0.5, 0.6) is 0 Å². The third-order valence-corrected chi connectivity index (χ3v) is 2.13. The molecule has 0 amide bonds. The molecular formula is C10H9N3S. The number of aryl methyl sites for hydroxylation is 1. The maximum absolute atomic E-state index is 4.96. The summed E-state index contributed by atoms with van der Waals surface area (Å²) in [5, 5.41) is 0. The predicted molar refractivity (Wildman–Crippen MR) is 57.4 cm³/mol. The number of aromatic nitrogens is 3. The van der Waals surface area contributed by atoms with E-state index in [0.717, 1.165) is 17.0 Å². The molecular weight excluding hydrogens is 194 g/mol. The fourth-order valence-electron chi connectivity index (χ4n) is 1.23. The normalized spacial score (nSPS) is 10.1. The zero-order valence-electron chi connectivity index (χ0n) is 7.69. The van der Waals surface area contributed by atoms with Crippen molar-refractivity contribution in [2.45, 2.75) is 6.92 Å². The Kier molecular flexibility index (Phi) is 2.37. The van der Waals surface area contributed by atoms with Crippen molar-refractivity contribution in [3.63, 3.8) is 0 Å². The largest absolute Gasteiger partial charge is 0.329 e. The number of nitrogens with zero attached hydrogens (tertiary/aromatic N) is 2. The summed E-state index contributed by atoms with van der Waals surface area (Å²) in [6.45, 7) is 1.97. The minimum absolute atomic E-state index is 0.483. The Bertz CT molecular complexity index is 490. The summed E-state index contributed by atoms with van der Waals surface area (Å²) in [5.41, 5.74) is 2.86. The van der Waals surface area contributed by atoms with Crippen LogP contribution >= 0.6 is 12.2 Å². The van der Waals surface area contributed by atoms with Crippen LogP contribution in [-0.4, -0.2) is 15.0 Å². The standard InChI is InChI=1S/C10H9N3S/c1-7-6-12-10(14)13-9(7)8-4-2-3-5-11-8/h2-6H,1H3,(H,12,13,14). The zero-order valence-corrected chi connectivity index (χ0v) is 8.51. The molecule has 0 saturated heterocycles. The maximum atomic E-state index is 4.96. The topological polar surface area (TPSA) is 41.6 Å². The highest BCUT2D eigenvalue weighted by Gasteiger charge is 2.02. The summed E-state index contributed by atoms with van der Waals surface area (Å²) < 4.78 is 0.483. The van der Waals surface area contributed by atoms with Crippen LogP contribution in [0, 0.1) is 11.7 Å². The monoisotopic (exact) mass is 203 g/mol. The number of nitrogens with one attached hydrogen (secondary N) is 1. The van der Waals surface area contributed by atoms with Crippen LogP contribution in [0.2, 0.25) is 0 Å². The Morgan fingerprint density at radius 1 is 1.29 bits per heavy atom. The van der Waals surface area contributed by atoms with Crippen molar-refractivity contribution in [1.82, 2.24) is 15.0 Å². The molecule has 4 heteroatoms. The van der Waals surface area contributed by atoms with Gasteiger partial charge in [-0.25, -0.2) is 4.98 Å². The molecule has 0 bridgehead atoms. The molecule has 0 radical (unpaired) electrons. The quantitative estimate of drug-likeness (QED) is 0.724. The van der Waals surface area contributed by atoms with Gasteiger partial charge in [-0.05, 0) is 36.8 Å². The number of H-pyrrole nitrogens is 1. The van der Waals surface area contributed by atoms with Crippen LogP contribution in [-0.2, 0) is 0 Å².